The average molecular weight is 443 g/mol. The molecule has 1 amide bonds. The molecule has 1 atom stereocenters. The molecule has 3 aromatic rings. The second kappa shape index (κ2) is 10.2. The number of hydrogen-bond donors (Lipinski definition) is 2. The Bertz CT molecular complexity index is 1020. The fraction of sp³-hybridized carbons (Fsp3) is 0.318. The predicted molar refractivity (Wildman–Crippen MR) is 120 cm³/mol. The molecule has 1 unspecified atom stereocenters. The van der Waals surface area contributed by atoms with Crippen LogP contribution in [0.2, 0.25) is 0 Å². The summed E-state index contributed by atoms with van der Waals surface area (Å²) in [5.74, 6) is 2.04. The van der Waals surface area contributed by atoms with Gasteiger partial charge in [0.15, 0.2) is 17.1 Å². The van der Waals surface area contributed by atoms with Crippen LogP contribution in [-0.4, -0.2) is 38.6 Å². The SMILES string of the molecule is COc1ccc(OC(C)c2nnc(SCC(=O)Nc3ccccc3O)n2C(C)C)cc1. The number of amides is 1. The van der Waals surface area contributed by atoms with Gasteiger partial charge in [0.25, 0.3) is 0 Å². The summed E-state index contributed by atoms with van der Waals surface area (Å²) in [4.78, 5) is 12.3. The summed E-state index contributed by atoms with van der Waals surface area (Å²) in [6.45, 7) is 5.96. The van der Waals surface area contributed by atoms with Crippen LogP contribution in [0, 0.1) is 0 Å². The lowest BCUT2D eigenvalue weighted by Crippen LogP contribution is -2.16. The average Bonchev–Trinajstić information content (AvgIpc) is 3.19. The summed E-state index contributed by atoms with van der Waals surface area (Å²) in [6.07, 6.45) is -0.340. The van der Waals surface area contributed by atoms with Crippen molar-refractivity contribution in [1.82, 2.24) is 14.8 Å². The Hall–Kier alpha value is -3.20. The van der Waals surface area contributed by atoms with E-state index in [1.54, 1.807) is 25.3 Å². The van der Waals surface area contributed by atoms with E-state index in [2.05, 4.69) is 15.5 Å². The molecule has 0 saturated heterocycles. The maximum absolute atomic E-state index is 12.3. The number of thioether (sulfide) groups is 1. The number of para-hydroxylation sites is 2. The van der Waals surface area contributed by atoms with E-state index in [0.29, 0.717) is 22.4 Å². The highest BCUT2D eigenvalue weighted by molar-refractivity contribution is 7.99. The van der Waals surface area contributed by atoms with Crippen LogP contribution < -0.4 is 14.8 Å². The lowest BCUT2D eigenvalue weighted by molar-refractivity contribution is -0.113. The van der Waals surface area contributed by atoms with Gasteiger partial charge >= 0.3 is 0 Å². The van der Waals surface area contributed by atoms with Gasteiger partial charge in [-0.05, 0) is 57.2 Å². The molecular formula is C22H26N4O4S. The monoisotopic (exact) mass is 442 g/mol. The number of phenols is 1. The van der Waals surface area contributed by atoms with E-state index in [0.717, 1.165) is 5.75 Å². The molecule has 9 heteroatoms. The number of methoxy groups -OCH3 is 1. The quantitative estimate of drug-likeness (QED) is 0.373. The first-order valence-corrected chi connectivity index (χ1v) is 10.8. The third kappa shape index (κ3) is 5.69. The number of ether oxygens (including phenoxy) is 2. The number of anilines is 1. The van der Waals surface area contributed by atoms with E-state index in [9.17, 15) is 9.90 Å². The second-order valence-corrected chi connectivity index (χ2v) is 8.04. The number of aromatic nitrogens is 3. The fourth-order valence-electron chi connectivity index (χ4n) is 2.96. The molecule has 0 saturated carbocycles. The van der Waals surface area contributed by atoms with Crippen LogP contribution >= 0.6 is 11.8 Å². The molecule has 1 aromatic heterocycles. The number of carbonyl (C=O) groups excluding carboxylic acids is 1. The zero-order valence-corrected chi connectivity index (χ0v) is 18.7. The number of aromatic hydroxyl groups is 1. The number of hydrogen-bond acceptors (Lipinski definition) is 7. The molecule has 0 aliphatic carbocycles. The molecule has 0 spiro atoms. The molecule has 2 aromatic carbocycles. The molecule has 164 valence electrons. The Morgan fingerprint density at radius 1 is 1.10 bits per heavy atom. The van der Waals surface area contributed by atoms with Gasteiger partial charge in [-0.15, -0.1) is 10.2 Å². The van der Waals surface area contributed by atoms with Gasteiger partial charge in [0.1, 0.15) is 17.2 Å². The molecule has 31 heavy (non-hydrogen) atoms. The van der Waals surface area contributed by atoms with Crippen LogP contribution in [0.5, 0.6) is 17.2 Å². The smallest absolute Gasteiger partial charge is 0.234 e. The lowest BCUT2D eigenvalue weighted by atomic mass is 10.3. The molecule has 0 aliphatic heterocycles. The van der Waals surface area contributed by atoms with Gasteiger partial charge in [-0.1, -0.05) is 23.9 Å². The van der Waals surface area contributed by atoms with E-state index in [4.69, 9.17) is 9.47 Å². The molecule has 0 fully saturated rings. The number of phenolic OH excluding ortho intramolecular Hbond substituents is 1. The highest BCUT2D eigenvalue weighted by atomic mass is 32.2. The minimum Gasteiger partial charge on any atom is -0.506 e. The van der Waals surface area contributed by atoms with E-state index in [1.807, 2.05) is 49.6 Å². The van der Waals surface area contributed by atoms with Crippen LogP contribution in [-0.2, 0) is 4.79 Å². The van der Waals surface area contributed by atoms with Crippen molar-refractivity contribution in [2.45, 2.75) is 38.1 Å². The van der Waals surface area contributed by atoms with Crippen molar-refractivity contribution in [3.8, 4) is 17.2 Å². The van der Waals surface area contributed by atoms with Crippen molar-refractivity contribution >= 4 is 23.4 Å². The number of benzene rings is 2. The van der Waals surface area contributed by atoms with E-state index >= 15 is 0 Å². The van der Waals surface area contributed by atoms with Crippen LogP contribution in [0.4, 0.5) is 5.69 Å². The first-order valence-electron chi connectivity index (χ1n) is 9.85. The lowest BCUT2D eigenvalue weighted by Gasteiger charge is -2.19. The molecule has 3 rings (SSSR count). The van der Waals surface area contributed by atoms with Crippen LogP contribution in [0.25, 0.3) is 0 Å². The maximum atomic E-state index is 12.3. The molecule has 0 aliphatic rings. The van der Waals surface area contributed by atoms with Crippen molar-refractivity contribution in [1.29, 1.82) is 0 Å². The van der Waals surface area contributed by atoms with Crippen LogP contribution in [0.1, 0.15) is 38.7 Å². The minimum absolute atomic E-state index is 0.0259. The normalized spacial score (nSPS) is 11.9. The van der Waals surface area contributed by atoms with Crippen molar-refractivity contribution in [3.63, 3.8) is 0 Å². The summed E-state index contributed by atoms with van der Waals surface area (Å²) in [5.41, 5.74) is 0.376. The highest BCUT2D eigenvalue weighted by Crippen LogP contribution is 2.29. The third-order valence-electron chi connectivity index (χ3n) is 4.45. The van der Waals surface area contributed by atoms with Gasteiger partial charge in [-0.2, -0.15) is 0 Å². The highest BCUT2D eigenvalue weighted by Gasteiger charge is 2.22. The van der Waals surface area contributed by atoms with Crippen molar-refractivity contribution in [3.05, 3.63) is 54.4 Å². The summed E-state index contributed by atoms with van der Waals surface area (Å²) in [7, 11) is 1.62. The molecular weight excluding hydrogens is 416 g/mol. The maximum Gasteiger partial charge on any atom is 0.234 e. The standard InChI is InChI=1S/C22H26N4O4S/c1-14(2)26-21(15(3)30-17-11-9-16(29-4)10-12-17)24-25-22(26)31-13-20(28)23-18-7-5-6-8-19(18)27/h5-12,14-15,27H,13H2,1-4H3,(H,23,28). The van der Waals surface area contributed by atoms with Crippen molar-refractivity contribution < 1.29 is 19.4 Å². The van der Waals surface area contributed by atoms with Gasteiger partial charge in [-0.25, -0.2) is 0 Å². The molecule has 2 N–H and O–H groups in total. The Kier molecular flexibility index (Phi) is 7.41. The van der Waals surface area contributed by atoms with Crippen LogP contribution in [0.15, 0.2) is 53.7 Å². The zero-order chi connectivity index (χ0) is 22.4. The summed E-state index contributed by atoms with van der Waals surface area (Å²) in [5, 5.41) is 21.7. The molecule has 0 radical (unpaired) electrons. The Balaban J connectivity index is 1.67. The number of nitrogens with zero attached hydrogens (tertiary/aromatic N) is 3. The van der Waals surface area contributed by atoms with Gasteiger partial charge < -0.3 is 24.5 Å². The van der Waals surface area contributed by atoms with Gasteiger partial charge in [0.2, 0.25) is 5.91 Å². The summed E-state index contributed by atoms with van der Waals surface area (Å²) >= 11 is 1.28. The van der Waals surface area contributed by atoms with Gasteiger partial charge in [-0.3, -0.25) is 4.79 Å². The van der Waals surface area contributed by atoms with Crippen molar-refractivity contribution in [2.75, 3.05) is 18.2 Å². The molecule has 1 heterocycles. The Labute approximate surface area is 185 Å². The van der Waals surface area contributed by atoms with E-state index in [1.165, 1.54) is 17.8 Å². The Morgan fingerprint density at radius 2 is 1.77 bits per heavy atom. The van der Waals surface area contributed by atoms with Gasteiger partial charge in [0, 0.05) is 6.04 Å². The fourth-order valence-corrected chi connectivity index (χ4v) is 3.83. The van der Waals surface area contributed by atoms with E-state index < -0.39 is 0 Å². The third-order valence-corrected chi connectivity index (χ3v) is 5.40. The number of rotatable bonds is 9. The summed E-state index contributed by atoms with van der Waals surface area (Å²) in [6, 6.07) is 14.0. The number of nitrogens with one attached hydrogen (secondary N) is 1. The first-order chi connectivity index (χ1) is 14.9. The van der Waals surface area contributed by atoms with E-state index in [-0.39, 0.29) is 29.6 Å². The van der Waals surface area contributed by atoms with Crippen LogP contribution in [0.3, 0.4) is 0 Å². The predicted octanol–water partition coefficient (Wildman–Crippen LogP) is 4.44. The van der Waals surface area contributed by atoms with Gasteiger partial charge in [0.05, 0.1) is 18.6 Å². The van der Waals surface area contributed by atoms with Crippen molar-refractivity contribution in [2.24, 2.45) is 0 Å². The first kappa shape index (κ1) is 22.5. The molecule has 8 nitrogen and oxygen atoms in total. The number of carbonyl (C=O) groups is 1. The Morgan fingerprint density at radius 3 is 2.42 bits per heavy atom. The summed E-state index contributed by atoms with van der Waals surface area (Å²) < 4.78 is 13.2. The minimum atomic E-state index is -0.340. The zero-order valence-electron chi connectivity index (χ0n) is 17.9. The largest absolute Gasteiger partial charge is 0.506 e. The second-order valence-electron chi connectivity index (χ2n) is 7.09. The molecule has 0 bridgehead atoms. The topological polar surface area (TPSA) is 98.5 Å².